The quantitative estimate of drug-likeness (QED) is 0.598. The number of piperazine rings is 1. The number of fused-ring (bicyclic) bond motifs is 2. The van der Waals surface area contributed by atoms with Crippen LogP contribution in [0.2, 0.25) is 5.02 Å². The van der Waals surface area contributed by atoms with Gasteiger partial charge in [-0.15, -0.1) is 0 Å². The number of pyridine rings is 1. The van der Waals surface area contributed by atoms with E-state index in [-0.39, 0.29) is 16.9 Å². The number of rotatable bonds is 3. The van der Waals surface area contributed by atoms with Crippen molar-refractivity contribution >= 4 is 39.4 Å². The number of aliphatic hydroxyl groups is 1. The molecule has 3 aromatic rings. The molecule has 1 saturated heterocycles. The molecule has 1 amide bonds. The minimum absolute atomic E-state index is 0.177. The second-order valence-electron chi connectivity index (χ2n) is 9.73. The first-order chi connectivity index (χ1) is 15.5. The molecule has 0 saturated carbocycles. The Hall–Kier alpha value is -2.74. The summed E-state index contributed by atoms with van der Waals surface area (Å²) in [5.41, 5.74) is 0.791. The molecule has 2 unspecified atom stereocenters. The van der Waals surface area contributed by atoms with Crippen LogP contribution in [0.5, 0.6) is 0 Å². The van der Waals surface area contributed by atoms with E-state index in [1.165, 1.54) is 11.1 Å². The molecule has 174 valence electrons. The van der Waals surface area contributed by atoms with Gasteiger partial charge in [0.2, 0.25) is 0 Å². The third kappa shape index (κ3) is 4.81. The Bertz CT molecular complexity index is 1270. The number of hydrogen-bond acceptors (Lipinski definition) is 5. The molecule has 2 aromatic carbocycles. The minimum atomic E-state index is -0.915. The van der Waals surface area contributed by atoms with Crippen molar-refractivity contribution in [2.24, 2.45) is 5.41 Å². The lowest BCUT2D eigenvalue weighted by molar-refractivity contribution is 0.00500. The predicted molar refractivity (Wildman–Crippen MR) is 130 cm³/mol. The molecule has 0 bridgehead atoms. The van der Waals surface area contributed by atoms with E-state index in [4.69, 9.17) is 11.6 Å². The molecule has 2 N–H and O–H groups in total. The first kappa shape index (κ1) is 23.4. The molecule has 7 nitrogen and oxygen atoms in total. The van der Waals surface area contributed by atoms with Gasteiger partial charge >= 0.3 is 6.09 Å². The highest BCUT2D eigenvalue weighted by Crippen LogP contribution is 2.29. The number of halogens is 1. The second-order valence-corrected chi connectivity index (χ2v) is 10.2. The normalized spacial score (nSPS) is 18.6. The van der Waals surface area contributed by atoms with Crippen LogP contribution in [-0.2, 0) is 0 Å². The van der Waals surface area contributed by atoms with E-state index in [2.05, 4.69) is 9.88 Å². The molecule has 2 atom stereocenters. The van der Waals surface area contributed by atoms with Gasteiger partial charge < -0.3 is 15.1 Å². The number of β-amino-alcohol motifs (C(OH)–C–C–N with tert-alkyl or cyclic N) is 1. The summed E-state index contributed by atoms with van der Waals surface area (Å²) < 4.78 is 0. The number of carbonyl (C=O) groups is 1. The number of benzene rings is 1. The molecular formula is C25H28ClN3O4. The van der Waals surface area contributed by atoms with E-state index in [9.17, 15) is 19.8 Å². The number of nitrogens with zero attached hydrogens (tertiary/aromatic N) is 3. The van der Waals surface area contributed by atoms with Crippen molar-refractivity contribution in [3.63, 3.8) is 0 Å². The third-order valence-electron chi connectivity index (χ3n) is 6.40. The Balaban J connectivity index is 1.63. The summed E-state index contributed by atoms with van der Waals surface area (Å²) in [6, 6.07) is 10.5. The zero-order valence-electron chi connectivity index (χ0n) is 19.0. The Kier molecular flexibility index (Phi) is 6.31. The highest BCUT2D eigenvalue weighted by Gasteiger charge is 2.38. The van der Waals surface area contributed by atoms with E-state index in [1.54, 1.807) is 18.2 Å². The van der Waals surface area contributed by atoms with E-state index >= 15 is 0 Å². The van der Waals surface area contributed by atoms with Crippen LogP contribution < -0.4 is 5.43 Å². The predicted octanol–water partition coefficient (Wildman–Crippen LogP) is 4.15. The highest BCUT2D eigenvalue weighted by atomic mass is 35.5. The average molecular weight is 470 g/mol. The van der Waals surface area contributed by atoms with E-state index < -0.39 is 12.2 Å². The average Bonchev–Trinajstić information content (AvgIpc) is 2.89. The zero-order valence-corrected chi connectivity index (χ0v) is 19.7. The van der Waals surface area contributed by atoms with Gasteiger partial charge in [-0.1, -0.05) is 50.6 Å². The summed E-state index contributed by atoms with van der Waals surface area (Å²) in [5.74, 6) is 0. The van der Waals surface area contributed by atoms with Crippen LogP contribution in [0.3, 0.4) is 0 Å². The molecule has 2 heterocycles. The number of aliphatic hydroxyl groups excluding tert-OH is 1. The summed E-state index contributed by atoms with van der Waals surface area (Å²) in [6.07, 6.45) is -0.218. The van der Waals surface area contributed by atoms with E-state index in [0.717, 1.165) is 5.39 Å². The number of aromatic nitrogens is 1. The van der Waals surface area contributed by atoms with Crippen molar-refractivity contribution in [1.82, 2.24) is 14.8 Å². The van der Waals surface area contributed by atoms with Gasteiger partial charge in [0.1, 0.15) is 0 Å². The van der Waals surface area contributed by atoms with Gasteiger partial charge in [-0.05, 0) is 34.6 Å². The van der Waals surface area contributed by atoms with E-state index in [0.29, 0.717) is 53.1 Å². The standard InChI is InChI=1S/C25H28ClN3O4/c1-25(2,3)22-14-28(8-9-29(22)24(32)33)13-21(30)16-5-4-15-6-7-20-19(11-17(26)12-27-20)23(31)18(15)10-16/h4-7,10-12,21-22,30H,8-9,13-14H2,1-3H3,(H,32,33). The number of amides is 1. The molecule has 1 aromatic heterocycles. The van der Waals surface area contributed by atoms with Crippen LogP contribution in [0.1, 0.15) is 32.4 Å². The molecule has 8 heteroatoms. The first-order valence-electron chi connectivity index (χ1n) is 11.0. The van der Waals surface area contributed by atoms with Gasteiger partial charge in [-0.25, -0.2) is 4.79 Å². The Morgan fingerprint density at radius 3 is 2.61 bits per heavy atom. The van der Waals surface area contributed by atoms with Crippen molar-refractivity contribution in [1.29, 1.82) is 0 Å². The molecule has 1 fully saturated rings. The van der Waals surface area contributed by atoms with Crippen molar-refractivity contribution in [2.45, 2.75) is 32.9 Å². The molecule has 1 aliphatic rings. The molecular weight excluding hydrogens is 442 g/mol. The SMILES string of the molecule is CC(C)(C)C1CN(CC(O)c2ccc3ccc4ncc(Cl)cc4c(=O)c3c2)CCN1C(=O)O. The minimum Gasteiger partial charge on any atom is -0.465 e. The maximum atomic E-state index is 13.2. The van der Waals surface area contributed by atoms with Crippen LogP contribution in [-0.4, -0.2) is 63.3 Å². The van der Waals surface area contributed by atoms with Crippen LogP contribution in [0.15, 0.2) is 47.4 Å². The Morgan fingerprint density at radius 1 is 1.18 bits per heavy atom. The van der Waals surface area contributed by atoms with Crippen LogP contribution >= 0.6 is 11.6 Å². The maximum Gasteiger partial charge on any atom is 0.407 e. The fraction of sp³-hybridized carbons (Fsp3) is 0.400. The third-order valence-corrected chi connectivity index (χ3v) is 6.60. The fourth-order valence-corrected chi connectivity index (χ4v) is 4.68. The molecule has 0 spiro atoms. The maximum absolute atomic E-state index is 13.2. The smallest absolute Gasteiger partial charge is 0.407 e. The number of hydrogen-bond donors (Lipinski definition) is 2. The second kappa shape index (κ2) is 8.89. The van der Waals surface area contributed by atoms with E-state index in [1.807, 2.05) is 39.0 Å². The summed E-state index contributed by atoms with van der Waals surface area (Å²) in [4.78, 5) is 32.7. The summed E-state index contributed by atoms with van der Waals surface area (Å²) in [7, 11) is 0. The van der Waals surface area contributed by atoms with Crippen molar-refractivity contribution in [3.05, 3.63) is 63.4 Å². The fourth-order valence-electron chi connectivity index (χ4n) is 4.53. The number of carboxylic acid groups (broad SMARTS) is 1. The Morgan fingerprint density at radius 2 is 1.91 bits per heavy atom. The van der Waals surface area contributed by atoms with Crippen molar-refractivity contribution in [2.75, 3.05) is 26.2 Å². The van der Waals surface area contributed by atoms with Gasteiger partial charge in [0.25, 0.3) is 0 Å². The lowest BCUT2D eigenvalue weighted by Gasteiger charge is -2.46. The summed E-state index contributed by atoms with van der Waals surface area (Å²) in [5, 5.41) is 22.7. The van der Waals surface area contributed by atoms with Crippen molar-refractivity contribution in [3.8, 4) is 0 Å². The van der Waals surface area contributed by atoms with Crippen LogP contribution in [0.25, 0.3) is 21.7 Å². The summed E-state index contributed by atoms with van der Waals surface area (Å²) >= 11 is 6.06. The van der Waals surface area contributed by atoms with Crippen LogP contribution in [0.4, 0.5) is 4.79 Å². The Labute approximate surface area is 197 Å². The molecule has 4 rings (SSSR count). The highest BCUT2D eigenvalue weighted by molar-refractivity contribution is 6.31. The molecule has 0 radical (unpaired) electrons. The zero-order chi connectivity index (χ0) is 23.9. The molecule has 33 heavy (non-hydrogen) atoms. The van der Waals surface area contributed by atoms with Gasteiger partial charge in [-0.3, -0.25) is 14.7 Å². The molecule has 1 aliphatic heterocycles. The largest absolute Gasteiger partial charge is 0.465 e. The topological polar surface area (TPSA) is 94.0 Å². The summed E-state index contributed by atoms with van der Waals surface area (Å²) in [6.45, 7) is 7.90. The lowest BCUT2D eigenvalue weighted by atomic mass is 9.84. The monoisotopic (exact) mass is 469 g/mol. The van der Waals surface area contributed by atoms with Crippen molar-refractivity contribution < 1.29 is 15.0 Å². The van der Waals surface area contributed by atoms with Gasteiger partial charge in [-0.2, -0.15) is 0 Å². The lowest BCUT2D eigenvalue weighted by Crippen LogP contribution is -2.59. The van der Waals surface area contributed by atoms with Gasteiger partial charge in [0.05, 0.1) is 22.7 Å². The first-order valence-corrected chi connectivity index (χ1v) is 11.3. The van der Waals surface area contributed by atoms with Gasteiger partial charge in [0, 0.05) is 43.1 Å². The van der Waals surface area contributed by atoms with Gasteiger partial charge in [0.15, 0.2) is 5.43 Å². The van der Waals surface area contributed by atoms with Crippen LogP contribution in [0, 0.1) is 5.41 Å². The molecule has 0 aliphatic carbocycles.